The van der Waals surface area contributed by atoms with E-state index in [0.717, 1.165) is 0 Å². The van der Waals surface area contributed by atoms with Crippen LogP contribution in [-0.4, -0.2) is 60.1 Å². The van der Waals surface area contributed by atoms with Crippen LogP contribution in [0.4, 0.5) is 0 Å². The fourth-order valence-electron chi connectivity index (χ4n) is 1.78. The molecule has 0 bridgehead atoms. The first-order chi connectivity index (χ1) is 11.4. The lowest BCUT2D eigenvalue weighted by atomic mass is 10.0. The first-order valence-electron chi connectivity index (χ1n) is 7.57. The molecule has 0 saturated heterocycles. The first-order valence-corrected chi connectivity index (χ1v) is 8.84. The Balaban J connectivity index is 4.64. The summed E-state index contributed by atoms with van der Waals surface area (Å²) in [4.78, 5) is 46.7. The summed E-state index contributed by atoms with van der Waals surface area (Å²) in [5, 5.41) is 2.73. The predicted molar refractivity (Wildman–Crippen MR) is 96.1 cm³/mol. The Kier molecular flexibility index (Phi) is 12.8. The van der Waals surface area contributed by atoms with Crippen LogP contribution in [0.5, 0.6) is 0 Å². The van der Waals surface area contributed by atoms with Gasteiger partial charge in [0.1, 0.15) is 6.29 Å². The molecule has 0 aliphatic carbocycles. The molecule has 0 rings (SSSR count). The fraction of sp³-hybridized carbons (Fsp3) is 0.714. The van der Waals surface area contributed by atoms with E-state index in [-0.39, 0.29) is 24.3 Å². The molecular weight excluding hydrogens is 354 g/mol. The molecule has 0 aromatic heterocycles. The lowest BCUT2D eigenvalue weighted by Gasteiger charge is -2.21. The smallest absolute Gasteiger partial charge is 0.305 e. The average molecular weight is 380 g/mol. The van der Waals surface area contributed by atoms with Crippen molar-refractivity contribution in [3.05, 3.63) is 0 Å². The summed E-state index contributed by atoms with van der Waals surface area (Å²) in [5.74, 6) is 3.35. The summed E-state index contributed by atoms with van der Waals surface area (Å²) in [7, 11) is 0. The second-order valence-electron chi connectivity index (χ2n) is 5.03. The van der Waals surface area contributed by atoms with Crippen LogP contribution in [0, 0.1) is 0 Å². The number of carbonyl (C=O) groups excluding carboxylic acids is 4. The lowest BCUT2D eigenvalue weighted by Crippen LogP contribution is -2.53. The van der Waals surface area contributed by atoms with Gasteiger partial charge in [-0.3, -0.25) is 25.5 Å². The predicted octanol–water partition coefficient (Wildman–Crippen LogP) is -0.925. The van der Waals surface area contributed by atoms with Crippen molar-refractivity contribution in [2.75, 3.05) is 18.1 Å². The van der Waals surface area contributed by atoms with E-state index in [4.69, 9.17) is 10.6 Å². The SMILES string of the molecule is CCCOC(=O)CCC(C=O)N[C@@H](CS)C(=O)C(=O)[C@H](CS)NN. The third kappa shape index (κ3) is 8.25. The number of hydrogen-bond acceptors (Lipinski definition) is 10. The number of ether oxygens (including phenoxy) is 1. The van der Waals surface area contributed by atoms with E-state index in [1.54, 1.807) is 0 Å². The third-order valence-electron chi connectivity index (χ3n) is 3.15. The maximum atomic E-state index is 12.2. The summed E-state index contributed by atoms with van der Waals surface area (Å²) < 4.78 is 4.91. The van der Waals surface area contributed by atoms with Gasteiger partial charge in [-0.1, -0.05) is 6.92 Å². The molecule has 0 aliphatic rings. The summed E-state index contributed by atoms with van der Waals surface area (Å²) in [6.07, 6.45) is 1.48. The number of esters is 1. The van der Waals surface area contributed by atoms with Crippen molar-refractivity contribution in [1.82, 2.24) is 10.7 Å². The number of thiol groups is 2. The number of ketones is 2. The van der Waals surface area contributed by atoms with Crippen molar-refractivity contribution in [1.29, 1.82) is 0 Å². The zero-order valence-corrected chi connectivity index (χ0v) is 15.4. The number of rotatable bonds is 14. The van der Waals surface area contributed by atoms with Crippen molar-refractivity contribution >= 4 is 49.1 Å². The molecule has 0 saturated carbocycles. The Morgan fingerprint density at radius 2 is 1.75 bits per heavy atom. The van der Waals surface area contributed by atoms with Crippen LogP contribution in [0.15, 0.2) is 0 Å². The van der Waals surface area contributed by atoms with Gasteiger partial charge < -0.3 is 9.53 Å². The van der Waals surface area contributed by atoms with E-state index in [9.17, 15) is 19.2 Å². The van der Waals surface area contributed by atoms with Crippen LogP contribution >= 0.6 is 25.3 Å². The molecule has 0 amide bonds. The van der Waals surface area contributed by atoms with Crippen molar-refractivity contribution in [2.45, 2.75) is 44.3 Å². The Labute approximate surface area is 152 Å². The van der Waals surface area contributed by atoms with E-state index in [1.165, 1.54) is 0 Å². The van der Waals surface area contributed by atoms with Crippen molar-refractivity contribution in [3.63, 3.8) is 0 Å². The molecule has 0 aliphatic heterocycles. The second kappa shape index (κ2) is 13.4. The second-order valence-corrected chi connectivity index (χ2v) is 5.76. The molecule has 0 fully saturated rings. The van der Waals surface area contributed by atoms with E-state index in [1.807, 2.05) is 6.92 Å². The van der Waals surface area contributed by atoms with Gasteiger partial charge >= 0.3 is 5.97 Å². The van der Waals surface area contributed by atoms with Gasteiger partial charge in [0.15, 0.2) is 0 Å². The standard InChI is InChI=1S/C14H25N3O5S2/c1-2-5-22-12(19)4-3-9(6-18)16-10(7-23)13(20)14(21)11(8-24)17-15/h6,9-11,16-17,23-24H,2-5,7-8,15H2,1H3/t9?,10-,11-/m0/s1. The highest BCUT2D eigenvalue weighted by molar-refractivity contribution is 7.80. The zero-order valence-electron chi connectivity index (χ0n) is 13.6. The fourth-order valence-corrected chi connectivity index (χ4v) is 2.32. The summed E-state index contributed by atoms with van der Waals surface area (Å²) in [6.45, 7) is 2.19. The molecule has 8 nitrogen and oxygen atoms in total. The summed E-state index contributed by atoms with van der Waals surface area (Å²) in [5.41, 5.74) is 2.21. The van der Waals surface area contributed by atoms with E-state index in [2.05, 4.69) is 36.0 Å². The van der Waals surface area contributed by atoms with Crippen molar-refractivity contribution < 1.29 is 23.9 Å². The maximum Gasteiger partial charge on any atom is 0.305 e. The normalized spacial score (nSPS) is 14.5. The molecule has 138 valence electrons. The van der Waals surface area contributed by atoms with Crippen LogP contribution < -0.4 is 16.6 Å². The number of hydrogen-bond donors (Lipinski definition) is 5. The molecule has 0 aromatic rings. The summed E-state index contributed by atoms with van der Waals surface area (Å²) >= 11 is 7.97. The van der Waals surface area contributed by atoms with Crippen LogP contribution in [0.3, 0.4) is 0 Å². The van der Waals surface area contributed by atoms with Gasteiger partial charge in [0, 0.05) is 17.9 Å². The first kappa shape index (κ1) is 23.1. The van der Waals surface area contributed by atoms with Crippen molar-refractivity contribution in [2.24, 2.45) is 5.84 Å². The minimum atomic E-state index is -0.960. The lowest BCUT2D eigenvalue weighted by molar-refractivity contribution is -0.143. The van der Waals surface area contributed by atoms with Crippen LogP contribution in [-0.2, 0) is 23.9 Å². The Hall–Kier alpha value is -0.940. The highest BCUT2D eigenvalue weighted by Gasteiger charge is 2.30. The zero-order chi connectivity index (χ0) is 18.5. The minimum absolute atomic E-state index is 0.0130. The van der Waals surface area contributed by atoms with Gasteiger partial charge in [-0.15, -0.1) is 0 Å². The number of hydrazine groups is 1. The number of aldehydes is 1. The van der Waals surface area contributed by atoms with E-state index < -0.39 is 35.7 Å². The number of nitrogens with one attached hydrogen (secondary N) is 2. The highest BCUT2D eigenvalue weighted by atomic mass is 32.1. The summed E-state index contributed by atoms with van der Waals surface area (Å²) in [6, 6.07) is -2.64. The monoisotopic (exact) mass is 379 g/mol. The van der Waals surface area contributed by atoms with E-state index in [0.29, 0.717) is 19.3 Å². The molecule has 0 aromatic carbocycles. The Morgan fingerprint density at radius 1 is 1.17 bits per heavy atom. The van der Waals surface area contributed by atoms with Gasteiger partial charge in [-0.25, -0.2) is 5.43 Å². The van der Waals surface area contributed by atoms with Gasteiger partial charge in [-0.2, -0.15) is 25.3 Å². The van der Waals surface area contributed by atoms with Gasteiger partial charge in [0.25, 0.3) is 0 Å². The largest absolute Gasteiger partial charge is 0.466 e. The van der Waals surface area contributed by atoms with Gasteiger partial charge in [-0.05, 0) is 12.8 Å². The molecule has 3 atom stereocenters. The molecule has 0 spiro atoms. The molecule has 0 heterocycles. The van der Waals surface area contributed by atoms with Crippen LogP contribution in [0.1, 0.15) is 26.2 Å². The minimum Gasteiger partial charge on any atom is -0.466 e. The molecular formula is C14H25N3O5S2. The molecule has 24 heavy (non-hydrogen) atoms. The quantitative estimate of drug-likeness (QED) is 0.0654. The molecule has 0 radical (unpaired) electrons. The third-order valence-corrected chi connectivity index (χ3v) is 3.88. The van der Waals surface area contributed by atoms with Crippen molar-refractivity contribution in [3.8, 4) is 0 Å². The Bertz CT molecular complexity index is 433. The number of nitrogens with two attached hydrogens (primary N) is 1. The molecule has 10 heteroatoms. The average Bonchev–Trinajstić information content (AvgIpc) is 2.60. The van der Waals surface area contributed by atoms with Gasteiger partial charge in [0.2, 0.25) is 11.6 Å². The highest BCUT2D eigenvalue weighted by Crippen LogP contribution is 2.03. The topological polar surface area (TPSA) is 128 Å². The number of carbonyl (C=O) groups is 4. The molecule has 1 unspecified atom stereocenters. The Morgan fingerprint density at radius 3 is 2.21 bits per heavy atom. The van der Waals surface area contributed by atoms with E-state index >= 15 is 0 Å². The van der Waals surface area contributed by atoms with Crippen LogP contribution in [0.25, 0.3) is 0 Å². The van der Waals surface area contributed by atoms with Gasteiger partial charge in [0.05, 0.1) is 24.7 Å². The number of Topliss-reactive ketones (excluding diaryl/α,β-unsaturated/α-hetero) is 2. The van der Waals surface area contributed by atoms with Crippen LogP contribution in [0.2, 0.25) is 0 Å². The molecule has 4 N–H and O–H groups in total. The maximum absolute atomic E-state index is 12.2.